The second-order valence-electron chi connectivity index (χ2n) is 4.07. The molecule has 0 aliphatic heterocycles. The molecule has 1 aromatic carbocycles. The minimum atomic E-state index is -0.738. The summed E-state index contributed by atoms with van der Waals surface area (Å²) < 4.78 is 3.27. The van der Waals surface area contributed by atoms with Crippen LogP contribution in [0.4, 0.5) is 0 Å². The highest BCUT2D eigenvalue weighted by Crippen LogP contribution is 2.30. The van der Waals surface area contributed by atoms with Crippen LogP contribution in [0.5, 0.6) is 0 Å². The van der Waals surface area contributed by atoms with Crippen molar-refractivity contribution in [3.8, 4) is 0 Å². The van der Waals surface area contributed by atoms with Crippen molar-refractivity contribution in [3.05, 3.63) is 34.4 Å². The van der Waals surface area contributed by atoms with Gasteiger partial charge in [-0.3, -0.25) is 4.79 Å². The van der Waals surface area contributed by atoms with Crippen LogP contribution in [-0.2, 0) is 11.3 Å². The Hall–Kier alpha value is -1.29. The molecule has 1 N–H and O–H groups in total. The van der Waals surface area contributed by atoms with E-state index in [2.05, 4.69) is 32.6 Å². The summed E-state index contributed by atoms with van der Waals surface area (Å²) in [5.41, 5.74) is 2.30. The number of para-hydroxylation sites is 1. The summed E-state index contributed by atoms with van der Waals surface area (Å²) in [4.78, 5) is 10.5. The van der Waals surface area contributed by atoms with Gasteiger partial charge in [-0.15, -0.1) is 0 Å². The number of carbonyl (C=O) groups is 1. The van der Waals surface area contributed by atoms with Crippen molar-refractivity contribution in [2.24, 2.45) is 0 Å². The molecule has 0 bridgehead atoms. The molecule has 4 heteroatoms. The van der Waals surface area contributed by atoms with Crippen LogP contribution in [0.1, 0.15) is 18.5 Å². The summed E-state index contributed by atoms with van der Waals surface area (Å²) in [6.07, 6.45) is 0.866. The van der Waals surface area contributed by atoms with Gasteiger partial charge in [0.15, 0.2) is 0 Å². The monoisotopic (exact) mass is 295 g/mol. The second kappa shape index (κ2) is 4.92. The third-order valence-electron chi connectivity index (χ3n) is 2.93. The number of hydrogen-bond acceptors (Lipinski definition) is 1. The number of aliphatic carboxylic acids is 1. The largest absolute Gasteiger partial charge is 0.481 e. The molecule has 3 nitrogen and oxygen atoms in total. The predicted octanol–water partition coefficient (Wildman–Crippen LogP) is 3.58. The molecule has 0 atom stereocenters. The normalized spacial score (nSPS) is 10.9. The number of carboxylic acids is 1. The third-order valence-corrected chi connectivity index (χ3v) is 3.93. The highest BCUT2D eigenvalue weighted by Gasteiger charge is 2.11. The van der Waals surface area contributed by atoms with Gasteiger partial charge in [-0.05, 0) is 35.3 Å². The molecule has 0 fully saturated rings. The summed E-state index contributed by atoms with van der Waals surface area (Å²) in [5.74, 6) is -0.738. The van der Waals surface area contributed by atoms with Crippen molar-refractivity contribution in [2.45, 2.75) is 26.3 Å². The fraction of sp³-hybridized carbons (Fsp3) is 0.308. The molecule has 0 amide bonds. The van der Waals surface area contributed by atoms with Gasteiger partial charge in [0.05, 0.1) is 0 Å². The average Bonchev–Trinajstić information content (AvgIpc) is 2.54. The topological polar surface area (TPSA) is 42.2 Å². The van der Waals surface area contributed by atoms with Crippen molar-refractivity contribution in [1.82, 2.24) is 4.57 Å². The predicted molar refractivity (Wildman–Crippen MR) is 71.2 cm³/mol. The maximum absolute atomic E-state index is 10.5. The summed E-state index contributed by atoms with van der Waals surface area (Å²) >= 11 is 3.59. The average molecular weight is 296 g/mol. The van der Waals surface area contributed by atoms with Crippen LogP contribution < -0.4 is 0 Å². The van der Waals surface area contributed by atoms with Crippen molar-refractivity contribution in [3.63, 3.8) is 0 Å². The van der Waals surface area contributed by atoms with Gasteiger partial charge in [0.25, 0.3) is 0 Å². The van der Waals surface area contributed by atoms with Gasteiger partial charge in [0, 0.05) is 34.0 Å². The Balaban J connectivity index is 2.33. The van der Waals surface area contributed by atoms with Crippen LogP contribution >= 0.6 is 15.9 Å². The van der Waals surface area contributed by atoms with Gasteiger partial charge < -0.3 is 9.67 Å². The van der Waals surface area contributed by atoms with E-state index >= 15 is 0 Å². The Bertz CT molecular complexity index is 560. The lowest BCUT2D eigenvalue weighted by atomic mass is 10.2. The number of rotatable bonds is 4. The molecule has 0 saturated carbocycles. The van der Waals surface area contributed by atoms with E-state index in [0.29, 0.717) is 6.42 Å². The zero-order valence-corrected chi connectivity index (χ0v) is 11.2. The van der Waals surface area contributed by atoms with E-state index in [1.807, 2.05) is 19.1 Å². The molecular weight excluding hydrogens is 282 g/mol. The Morgan fingerprint density at radius 2 is 2.12 bits per heavy atom. The summed E-state index contributed by atoms with van der Waals surface area (Å²) in [6, 6.07) is 8.14. The number of halogens is 1. The van der Waals surface area contributed by atoms with E-state index < -0.39 is 5.97 Å². The maximum atomic E-state index is 10.5. The van der Waals surface area contributed by atoms with Crippen LogP contribution in [0.3, 0.4) is 0 Å². The number of fused-ring (bicyclic) bond motifs is 1. The van der Waals surface area contributed by atoms with Gasteiger partial charge in [0.2, 0.25) is 0 Å². The number of aromatic nitrogens is 1. The number of benzene rings is 1. The minimum Gasteiger partial charge on any atom is -0.481 e. The standard InChI is InChI=1S/C13H14BrNO2/c1-9-13(14)10-5-2-3-6-11(10)15(9)8-4-7-12(16)17/h2-3,5-6H,4,7-8H2,1H3,(H,16,17). The summed E-state index contributed by atoms with van der Waals surface area (Å²) in [6.45, 7) is 2.79. The van der Waals surface area contributed by atoms with Crippen molar-refractivity contribution >= 4 is 32.8 Å². The molecule has 0 saturated heterocycles. The zero-order chi connectivity index (χ0) is 12.4. The first-order valence-electron chi connectivity index (χ1n) is 5.56. The highest BCUT2D eigenvalue weighted by atomic mass is 79.9. The first-order chi connectivity index (χ1) is 8.11. The lowest BCUT2D eigenvalue weighted by Crippen LogP contribution is -2.03. The van der Waals surface area contributed by atoms with Crippen LogP contribution in [0.25, 0.3) is 10.9 Å². The smallest absolute Gasteiger partial charge is 0.303 e. The molecule has 17 heavy (non-hydrogen) atoms. The molecule has 1 heterocycles. The zero-order valence-electron chi connectivity index (χ0n) is 9.61. The number of carboxylic acid groups (broad SMARTS) is 1. The minimum absolute atomic E-state index is 0.212. The molecule has 90 valence electrons. The second-order valence-corrected chi connectivity index (χ2v) is 4.86. The number of hydrogen-bond donors (Lipinski definition) is 1. The van der Waals surface area contributed by atoms with Gasteiger partial charge in [-0.25, -0.2) is 0 Å². The third kappa shape index (κ3) is 2.36. The van der Waals surface area contributed by atoms with E-state index in [1.165, 1.54) is 5.39 Å². The number of nitrogens with zero attached hydrogens (tertiary/aromatic N) is 1. The van der Waals surface area contributed by atoms with Crippen molar-refractivity contribution < 1.29 is 9.90 Å². The molecular formula is C13H14BrNO2. The molecule has 2 aromatic rings. The Labute approximate surface area is 108 Å². The Morgan fingerprint density at radius 3 is 2.82 bits per heavy atom. The first-order valence-corrected chi connectivity index (χ1v) is 6.35. The fourth-order valence-corrected chi connectivity index (χ4v) is 2.61. The summed E-state index contributed by atoms with van der Waals surface area (Å²) in [7, 11) is 0. The van der Waals surface area contributed by atoms with E-state index in [4.69, 9.17) is 5.11 Å². The molecule has 0 radical (unpaired) electrons. The fourth-order valence-electron chi connectivity index (χ4n) is 2.07. The van der Waals surface area contributed by atoms with Crippen molar-refractivity contribution in [1.29, 1.82) is 0 Å². The molecule has 1 aromatic heterocycles. The van der Waals surface area contributed by atoms with Crippen molar-refractivity contribution in [2.75, 3.05) is 0 Å². The highest BCUT2D eigenvalue weighted by molar-refractivity contribution is 9.10. The molecule has 0 unspecified atom stereocenters. The van der Waals surface area contributed by atoms with Gasteiger partial charge in [-0.2, -0.15) is 0 Å². The van der Waals surface area contributed by atoms with Crippen LogP contribution in [0, 0.1) is 6.92 Å². The number of aryl methyl sites for hydroxylation is 1. The Morgan fingerprint density at radius 1 is 1.41 bits per heavy atom. The quantitative estimate of drug-likeness (QED) is 0.937. The van der Waals surface area contributed by atoms with E-state index in [1.54, 1.807) is 0 Å². The Kier molecular flexibility index (Phi) is 3.52. The van der Waals surface area contributed by atoms with E-state index in [9.17, 15) is 4.79 Å². The molecule has 0 spiro atoms. The lowest BCUT2D eigenvalue weighted by Gasteiger charge is -2.06. The molecule has 0 aliphatic carbocycles. The SMILES string of the molecule is Cc1c(Br)c2ccccc2n1CCCC(=O)O. The summed E-state index contributed by atoms with van der Waals surface area (Å²) in [5, 5.41) is 9.84. The van der Waals surface area contributed by atoms with Gasteiger partial charge in [0.1, 0.15) is 0 Å². The van der Waals surface area contributed by atoms with Crippen LogP contribution in [-0.4, -0.2) is 15.6 Å². The van der Waals surface area contributed by atoms with Crippen LogP contribution in [0.15, 0.2) is 28.7 Å². The van der Waals surface area contributed by atoms with E-state index in [0.717, 1.165) is 22.2 Å². The first kappa shape index (κ1) is 12.2. The van der Waals surface area contributed by atoms with Gasteiger partial charge >= 0.3 is 5.97 Å². The maximum Gasteiger partial charge on any atom is 0.303 e. The van der Waals surface area contributed by atoms with Crippen LogP contribution in [0.2, 0.25) is 0 Å². The lowest BCUT2D eigenvalue weighted by molar-refractivity contribution is -0.137. The van der Waals surface area contributed by atoms with E-state index in [-0.39, 0.29) is 6.42 Å². The van der Waals surface area contributed by atoms with Gasteiger partial charge in [-0.1, -0.05) is 18.2 Å². The molecule has 0 aliphatic rings. The molecule has 2 rings (SSSR count).